The van der Waals surface area contributed by atoms with Crippen molar-refractivity contribution in [1.29, 1.82) is 0 Å². The van der Waals surface area contributed by atoms with E-state index in [1.807, 2.05) is 36.1 Å². The van der Waals surface area contributed by atoms with E-state index in [2.05, 4.69) is 42.0 Å². The number of nitrogens with zero attached hydrogens (tertiary/aromatic N) is 2. The fourth-order valence-corrected chi connectivity index (χ4v) is 5.26. The maximum atomic E-state index is 13.1. The third-order valence-corrected chi connectivity index (χ3v) is 7.34. The monoisotopic (exact) mass is 490 g/mol. The first-order chi connectivity index (χ1) is 17.7. The zero-order chi connectivity index (χ0) is 25.2. The Labute approximate surface area is 216 Å². The molecule has 1 saturated heterocycles. The van der Waals surface area contributed by atoms with Gasteiger partial charge < -0.3 is 18.9 Å². The quantitative estimate of drug-likeness (QED) is 0.241. The van der Waals surface area contributed by atoms with Crippen LogP contribution in [0.2, 0.25) is 0 Å². The van der Waals surface area contributed by atoms with Crippen LogP contribution in [0, 0.1) is 0 Å². The second-order valence-electron chi connectivity index (χ2n) is 9.85. The molecule has 5 nitrogen and oxygen atoms in total. The summed E-state index contributed by atoms with van der Waals surface area (Å²) in [7, 11) is 0. The van der Waals surface area contributed by atoms with Gasteiger partial charge in [0.15, 0.2) is 0 Å². The minimum atomic E-state index is 0.124. The van der Waals surface area contributed by atoms with Gasteiger partial charge in [0.05, 0.1) is 13.2 Å². The summed E-state index contributed by atoms with van der Waals surface area (Å²) in [6.07, 6.45) is 10.4. The van der Waals surface area contributed by atoms with Gasteiger partial charge in [0.1, 0.15) is 5.75 Å². The lowest BCUT2D eigenvalue weighted by atomic mass is 9.89. The first-order valence-electron chi connectivity index (χ1n) is 13.9. The van der Waals surface area contributed by atoms with Crippen molar-refractivity contribution < 1.29 is 14.3 Å². The standard InChI is InChI=1S/C31H42N2O3/c1-3-5-6-7-10-22-36-27-15-13-26(14-16-27)31(34)32-19-17-25(18-20-32)29-24-33(21-23-35-4-2)30-12-9-8-11-28(29)30/h8-9,11-16,24-25H,3-7,10,17-23H2,1-2H3. The number of likely N-dealkylation sites (tertiary alicyclic amines) is 1. The van der Waals surface area contributed by atoms with Gasteiger partial charge in [0, 0.05) is 48.9 Å². The Morgan fingerprint density at radius 1 is 0.917 bits per heavy atom. The van der Waals surface area contributed by atoms with Gasteiger partial charge in [-0.2, -0.15) is 0 Å². The zero-order valence-electron chi connectivity index (χ0n) is 22.1. The maximum absolute atomic E-state index is 13.1. The van der Waals surface area contributed by atoms with Crippen molar-refractivity contribution >= 4 is 16.8 Å². The number of carbonyl (C=O) groups is 1. The van der Waals surface area contributed by atoms with Gasteiger partial charge >= 0.3 is 0 Å². The third kappa shape index (κ3) is 6.70. The molecule has 1 aliphatic heterocycles. The number of piperidine rings is 1. The van der Waals surface area contributed by atoms with Crippen LogP contribution in [0.25, 0.3) is 10.9 Å². The second-order valence-corrected chi connectivity index (χ2v) is 9.85. The van der Waals surface area contributed by atoms with Crippen LogP contribution < -0.4 is 4.74 Å². The number of ether oxygens (including phenoxy) is 2. The molecule has 4 rings (SSSR count). The molecule has 0 aliphatic carbocycles. The number of rotatable bonds is 13. The van der Waals surface area contributed by atoms with E-state index in [1.54, 1.807) is 0 Å². The number of hydrogen-bond acceptors (Lipinski definition) is 3. The van der Waals surface area contributed by atoms with Crippen LogP contribution in [0.5, 0.6) is 5.75 Å². The van der Waals surface area contributed by atoms with Gasteiger partial charge in [-0.1, -0.05) is 50.8 Å². The van der Waals surface area contributed by atoms with Crippen LogP contribution >= 0.6 is 0 Å². The van der Waals surface area contributed by atoms with Gasteiger partial charge in [-0.25, -0.2) is 0 Å². The van der Waals surface area contributed by atoms with Crippen LogP contribution in [0.15, 0.2) is 54.7 Å². The summed E-state index contributed by atoms with van der Waals surface area (Å²) < 4.78 is 13.8. The molecule has 0 saturated carbocycles. The summed E-state index contributed by atoms with van der Waals surface area (Å²) in [6, 6.07) is 16.3. The number of para-hydroxylation sites is 1. The average molecular weight is 491 g/mol. The largest absolute Gasteiger partial charge is 0.494 e. The zero-order valence-corrected chi connectivity index (χ0v) is 22.1. The Bertz CT molecular complexity index is 1080. The lowest BCUT2D eigenvalue weighted by Crippen LogP contribution is -2.37. The topological polar surface area (TPSA) is 43.7 Å². The van der Waals surface area contributed by atoms with Gasteiger partial charge in [-0.05, 0) is 68.0 Å². The number of hydrogen-bond donors (Lipinski definition) is 0. The smallest absolute Gasteiger partial charge is 0.253 e. The van der Waals surface area contributed by atoms with E-state index < -0.39 is 0 Å². The van der Waals surface area contributed by atoms with E-state index in [4.69, 9.17) is 9.47 Å². The summed E-state index contributed by atoms with van der Waals surface area (Å²) in [5.74, 6) is 1.44. The molecule has 0 unspecified atom stereocenters. The van der Waals surface area contributed by atoms with Crippen molar-refractivity contribution in [1.82, 2.24) is 9.47 Å². The molecule has 36 heavy (non-hydrogen) atoms. The summed E-state index contributed by atoms with van der Waals surface area (Å²) >= 11 is 0. The highest BCUT2D eigenvalue weighted by Gasteiger charge is 2.26. The normalized spacial score (nSPS) is 14.4. The molecule has 0 N–H and O–H groups in total. The number of benzene rings is 2. The van der Waals surface area contributed by atoms with E-state index in [1.165, 1.54) is 42.1 Å². The molecule has 3 aromatic rings. The molecule has 0 spiro atoms. The lowest BCUT2D eigenvalue weighted by molar-refractivity contribution is 0.0713. The number of aromatic nitrogens is 1. The Morgan fingerprint density at radius 3 is 2.42 bits per heavy atom. The van der Waals surface area contributed by atoms with Gasteiger partial charge in [-0.15, -0.1) is 0 Å². The third-order valence-electron chi connectivity index (χ3n) is 7.34. The molecule has 5 heteroatoms. The van der Waals surface area contributed by atoms with Crippen LogP contribution in [0.1, 0.15) is 80.6 Å². The number of amides is 1. The number of fused-ring (bicyclic) bond motifs is 1. The molecule has 0 radical (unpaired) electrons. The van der Waals surface area contributed by atoms with Gasteiger partial charge in [0.2, 0.25) is 0 Å². The fraction of sp³-hybridized carbons (Fsp3) is 0.516. The highest BCUT2D eigenvalue weighted by molar-refractivity contribution is 5.94. The predicted octanol–water partition coefficient (Wildman–Crippen LogP) is 7.05. The molecular weight excluding hydrogens is 448 g/mol. The van der Waals surface area contributed by atoms with E-state index in [9.17, 15) is 4.79 Å². The van der Waals surface area contributed by atoms with E-state index >= 15 is 0 Å². The number of carbonyl (C=O) groups excluding carboxylic acids is 1. The number of unbranched alkanes of at least 4 members (excludes halogenated alkanes) is 4. The molecule has 0 bridgehead atoms. The van der Waals surface area contributed by atoms with Crippen LogP contribution in [-0.4, -0.2) is 48.3 Å². The Hall–Kier alpha value is -2.79. The minimum absolute atomic E-state index is 0.124. The van der Waals surface area contributed by atoms with Crippen molar-refractivity contribution in [2.24, 2.45) is 0 Å². The van der Waals surface area contributed by atoms with E-state index in [0.717, 1.165) is 70.0 Å². The highest BCUT2D eigenvalue weighted by Crippen LogP contribution is 2.35. The molecule has 0 atom stereocenters. The van der Waals surface area contributed by atoms with Crippen LogP contribution in [0.3, 0.4) is 0 Å². The van der Waals surface area contributed by atoms with Crippen molar-refractivity contribution in [3.63, 3.8) is 0 Å². The summed E-state index contributed by atoms with van der Waals surface area (Å²) in [6.45, 7) is 8.92. The maximum Gasteiger partial charge on any atom is 0.253 e. The predicted molar refractivity (Wildman–Crippen MR) is 147 cm³/mol. The molecule has 2 aromatic carbocycles. The average Bonchev–Trinajstić information content (AvgIpc) is 3.29. The van der Waals surface area contributed by atoms with Crippen LogP contribution in [-0.2, 0) is 11.3 Å². The summed E-state index contributed by atoms with van der Waals surface area (Å²) in [5, 5.41) is 1.33. The first kappa shape index (κ1) is 26.3. The summed E-state index contributed by atoms with van der Waals surface area (Å²) in [4.78, 5) is 15.2. The minimum Gasteiger partial charge on any atom is -0.494 e. The van der Waals surface area contributed by atoms with Crippen molar-refractivity contribution in [2.75, 3.05) is 32.9 Å². The van der Waals surface area contributed by atoms with E-state index in [-0.39, 0.29) is 5.91 Å². The highest BCUT2D eigenvalue weighted by atomic mass is 16.5. The van der Waals surface area contributed by atoms with Crippen LogP contribution in [0.4, 0.5) is 0 Å². The molecule has 1 amide bonds. The first-order valence-corrected chi connectivity index (χ1v) is 13.9. The van der Waals surface area contributed by atoms with Crippen molar-refractivity contribution in [3.8, 4) is 5.75 Å². The second kappa shape index (κ2) is 13.5. The van der Waals surface area contributed by atoms with Crippen molar-refractivity contribution in [3.05, 3.63) is 65.9 Å². The molecular formula is C31H42N2O3. The SMILES string of the molecule is CCCCCCCOc1ccc(C(=O)N2CCC(c3cn(CCOCC)c4ccccc34)CC2)cc1. The molecule has 2 heterocycles. The summed E-state index contributed by atoms with van der Waals surface area (Å²) in [5.41, 5.74) is 3.43. The van der Waals surface area contributed by atoms with Crippen molar-refractivity contribution in [2.45, 2.75) is 71.3 Å². The molecule has 1 fully saturated rings. The van der Waals surface area contributed by atoms with Gasteiger partial charge in [0.25, 0.3) is 5.91 Å². The lowest BCUT2D eigenvalue weighted by Gasteiger charge is -2.32. The Kier molecular flexibility index (Phi) is 9.85. The molecule has 194 valence electrons. The van der Waals surface area contributed by atoms with Gasteiger partial charge in [-0.3, -0.25) is 4.79 Å². The Morgan fingerprint density at radius 2 is 1.67 bits per heavy atom. The molecule has 1 aliphatic rings. The Balaban J connectivity index is 1.30. The fourth-order valence-electron chi connectivity index (χ4n) is 5.26. The van der Waals surface area contributed by atoms with E-state index in [0.29, 0.717) is 5.92 Å². The molecule has 1 aromatic heterocycles.